The quantitative estimate of drug-likeness (QED) is 0.0850. The lowest BCUT2D eigenvalue weighted by molar-refractivity contribution is -0.154. The Morgan fingerprint density at radius 3 is 2.09 bits per heavy atom. The first-order valence-corrected chi connectivity index (χ1v) is 15.9. The number of ether oxygens (including phenoxy) is 2. The lowest BCUT2D eigenvalue weighted by atomic mass is 10.0. The number of esters is 1. The molecule has 0 aliphatic carbocycles. The minimum absolute atomic E-state index is 0.0116. The molecule has 0 saturated heterocycles. The highest BCUT2D eigenvalue weighted by atomic mass is 35.5. The zero-order valence-electron chi connectivity index (χ0n) is 27.3. The minimum atomic E-state index is -5.08. The fourth-order valence-corrected chi connectivity index (χ4v) is 5.31. The molecular weight excluding hydrogens is 631 g/mol. The molecule has 0 amide bonds. The average Bonchev–Trinajstić information content (AvgIpc) is 2.98. The predicted molar refractivity (Wildman–Crippen MR) is 179 cm³/mol. The van der Waals surface area contributed by atoms with Crippen molar-refractivity contribution < 1.29 is 31.9 Å². The van der Waals surface area contributed by atoms with E-state index in [-0.39, 0.29) is 46.4 Å². The van der Waals surface area contributed by atoms with E-state index >= 15 is 0 Å². The first-order valence-electron chi connectivity index (χ1n) is 15.5. The van der Waals surface area contributed by atoms with Crippen molar-refractivity contribution in [3.05, 3.63) is 104 Å². The van der Waals surface area contributed by atoms with E-state index in [0.717, 1.165) is 11.1 Å². The van der Waals surface area contributed by atoms with Crippen LogP contribution in [0.1, 0.15) is 69.9 Å². The maximum absolute atomic E-state index is 14.5. The molecule has 4 rings (SSSR count). The third kappa shape index (κ3) is 9.49. The summed E-state index contributed by atoms with van der Waals surface area (Å²) in [4.78, 5) is 28.8. The van der Waals surface area contributed by atoms with Crippen LogP contribution in [0, 0.1) is 11.8 Å². The minimum Gasteiger partial charge on any atom is -0.449 e. The van der Waals surface area contributed by atoms with Gasteiger partial charge in [-0.2, -0.15) is 13.2 Å². The van der Waals surface area contributed by atoms with Crippen LogP contribution in [0.4, 0.5) is 13.2 Å². The van der Waals surface area contributed by atoms with Gasteiger partial charge in [-0.15, -0.1) is 0 Å². The van der Waals surface area contributed by atoms with E-state index in [4.69, 9.17) is 25.5 Å². The second-order valence-corrected chi connectivity index (χ2v) is 13.1. The SMILES string of the molecule is CC(C)CN(Cc1c(OC(=O)C=Cc2ccc(C(C)C)cc2)ccc2c(=O)c(Oc3ccc(Cl)cc3)c(C(F)(F)F)oc12)CC(C)C. The number of hydrogen-bond donors (Lipinski definition) is 0. The largest absolute Gasteiger partial charge is 0.453 e. The van der Waals surface area contributed by atoms with Gasteiger partial charge in [0.05, 0.1) is 10.9 Å². The van der Waals surface area contributed by atoms with Gasteiger partial charge in [0.25, 0.3) is 5.76 Å². The number of alkyl halides is 3. The number of fused-ring (bicyclic) bond motifs is 1. The van der Waals surface area contributed by atoms with Gasteiger partial charge in [0, 0.05) is 30.7 Å². The third-order valence-corrected chi connectivity index (χ3v) is 7.48. The molecule has 0 unspecified atom stereocenters. The number of carbonyl (C=O) groups excluding carboxylic acids is 1. The molecule has 0 radical (unpaired) electrons. The number of carbonyl (C=O) groups is 1. The smallest absolute Gasteiger partial charge is 0.449 e. The van der Waals surface area contributed by atoms with Gasteiger partial charge in [-0.1, -0.05) is 77.4 Å². The molecule has 6 nitrogen and oxygen atoms in total. The van der Waals surface area contributed by atoms with E-state index in [9.17, 15) is 22.8 Å². The van der Waals surface area contributed by atoms with Crippen LogP contribution >= 0.6 is 11.6 Å². The number of halogens is 4. The standard InChI is InChI=1S/C37H39ClF3NO5/c1-22(2)19-42(20-23(3)4)21-30-31(46-32(43)18-9-25-7-10-26(11-8-25)24(5)6)17-16-29-33(44)35(36(37(39,40)41)47-34(29)30)45-28-14-12-27(38)13-15-28/h7-18,22-24H,19-21H2,1-6H3. The first kappa shape index (κ1) is 35.8. The van der Waals surface area contributed by atoms with Crippen LogP contribution in [-0.2, 0) is 17.5 Å². The van der Waals surface area contributed by atoms with Gasteiger partial charge in [0.1, 0.15) is 17.1 Å². The highest BCUT2D eigenvalue weighted by Gasteiger charge is 2.41. The van der Waals surface area contributed by atoms with Gasteiger partial charge in [-0.3, -0.25) is 9.69 Å². The fourth-order valence-electron chi connectivity index (χ4n) is 5.18. The molecular formula is C37H39ClF3NO5. The summed E-state index contributed by atoms with van der Waals surface area (Å²) in [6, 6.07) is 16.0. The van der Waals surface area contributed by atoms with Crippen LogP contribution in [0.15, 0.2) is 76.0 Å². The van der Waals surface area contributed by atoms with Crippen molar-refractivity contribution in [3.63, 3.8) is 0 Å². The summed E-state index contributed by atoms with van der Waals surface area (Å²) < 4.78 is 60.1. The van der Waals surface area contributed by atoms with Crippen molar-refractivity contribution in [3.8, 4) is 17.2 Å². The summed E-state index contributed by atoms with van der Waals surface area (Å²) in [6.45, 7) is 13.5. The van der Waals surface area contributed by atoms with Gasteiger partial charge in [-0.05, 0) is 71.4 Å². The number of rotatable bonds is 12. The molecule has 47 heavy (non-hydrogen) atoms. The Hall–Kier alpha value is -4.08. The third-order valence-electron chi connectivity index (χ3n) is 7.22. The Labute approximate surface area is 277 Å². The fraction of sp³-hybridized carbons (Fsp3) is 0.351. The lowest BCUT2D eigenvalue weighted by Crippen LogP contribution is -2.31. The molecule has 0 aliphatic rings. The van der Waals surface area contributed by atoms with Crippen LogP contribution in [0.25, 0.3) is 17.0 Å². The molecule has 0 N–H and O–H groups in total. The molecule has 1 aromatic heterocycles. The zero-order valence-corrected chi connectivity index (χ0v) is 28.0. The molecule has 10 heteroatoms. The molecule has 0 bridgehead atoms. The van der Waals surface area contributed by atoms with E-state index in [2.05, 4.69) is 13.8 Å². The van der Waals surface area contributed by atoms with Crippen molar-refractivity contribution in [1.29, 1.82) is 0 Å². The second kappa shape index (κ2) is 15.2. The Kier molecular flexibility index (Phi) is 11.6. The van der Waals surface area contributed by atoms with Crippen molar-refractivity contribution in [2.45, 2.75) is 60.2 Å². The zero-order chi connectivity index (χ0) is 34.5. The van der Waals surface area contributed by atoms with Crippen molar-refractivity contribution in [2.24, 2.45) is 11.8 Å². The second-order valence-electron chi connectivity index (χ2n) is 12.6. The van der Waals surface area contributed by atoms with Crippen molar-refractivity contribution in [2.75, 3.05) is 13.1 Å². The van der Waals surface area contributed by atoms with Gasteiger partial charge < -0.3 is 13.9 Å². The summed E-state index contributed by atoms with van der Waals surface area (Å²) in [6.07, 6.45) is -2.24. The Morgan fingerprint density at radius 1 is 0.915 bits per heavy atom. The highest BCUT2D eigenvalue weighted by molar-refractivity contribution is 6.30. The molecule has 0 atom stereocenters. The van der Waals surface area contributed by atoms with Crippen LogP contribution in [0.5, 0.6) is 17.2 Å². The Bertz CT molecular complexity index is 1770. The van der Waals surface area contributed by atoms with E-state index in [0.29, 0.717) is 24.0 Å². The maximum Gasteiger partial charge on any atom is 0.453 e. The van der Waals surface area contributed by atoms with Crippen LogP contribution in [0.3, 0.4) is 0 Å². The number of benzene rings is 3. The normalized spacial score (nSPS) is 12.3. The summed E-state index contributed by atoms with van der Waals surface area (Å²) in [7, 11) is 0. The molecule has 0 fully saturated rings. The van der Waals surface area contributed by atoms with Crippen LogP contribution in [-0.4, -0.2) is 24.0 Å². The summed E-state index contributed by atoms with van der Waals surface area (Å²) in [5.41, 5.74) is 0.726. The molecule has 1 heterocycles. The predicted octanol–water partition coefficient (Wildman–Crippen LogP) is 10.1. The number of hydrogen-bond acceptors (Lipinski definition) is 6. The Balaban J connectivity index is 1.83. The monoisotopic (exact) mass is 669 g/mol. The van der Waals surface area contributed by atoms with Gasteiger partial charge in [0.15, 0.2) is 0 Å². The van der Waals surface area contributed by atoms with Crippen molar-refractivity contribution in [1.82, 2.24) is 4.90 Å². The first-order chi connectivity index (χ1) is 22.1. The van der Waals surface area contributed by atoms with Gasteiger partial charge in [-0.25, -0.2) is 4.79 Å². The maximum atomic E-state index is 14.5. The van der Waals surface area contributed by atoms with E-state index < -0.39 is 29.1 Å². The van der Waals surface area contributed by atoms with Gasteiger partial charge >= 0.3 is 12.1 Å². The topological polar surface area (TPSA) is 69.0 Å². The highest BCUT2D eigenvalue weighted by Crippen LogP contribution is 2.40. The molecule has 0 spiro atoms. The number of nitrogens with zero attached hydrogens (tertiary/aromatic N) is 1. The summed E-state index contributed by atoms with van der Waals surface area (Å²) in [5.74, 6) is -2.58. The molecule has 250 valence electrons. The summed E-state index contributed by atoms with van der Waals surface area (Å²) >= 11 is 5.91. The Morgan fingerprint density at radius 2 is 1.53 bits per heavy atom. The van der Waals surface area contributed by atoms with Crippen LogP contribution < -0.4 is 14.9 Å². The van der Waals surface area contributed by atoms with E-state index in [1.165, 1.54) is 42.5 Å². The van der Waals surface area contributed by atoms with Gasteiger partial charge in [0.2, 0.25) is 11.2 Å². The summed E-state index contributed by atoms with van der Waals surface area (Å²) in [5, 5.41) is 0.198. The van der Waals surface area contributed by atoms with E-state index in [1.54, 1.807) is 6.08 Å². The lowest BCUT2D eigenvalue weighted by Gasteiger charge is -2.27. The molecule has 0 saturated carbocycles. The molecule has 4 aromatic rings. The van der Waals surface area contributed by atoms with Crippen molar-refractivity contribution >= 4 is 34.6 Å². The average molecular weight is 670 g/mol. The molecule has 3 aromatic carbocycles. The van der Waals surface area contributed by atoms with E-state index in [1.807, 2.05) is 56.9 Å². The molecule has 0 aliphatic heterocycles. The van der Waals surface area contributed by atoms with Crippen LogP contribution in [0.2, 0.25) is 5.02 Å².